The first-order valence-corrected chi connectivity index (χ1v) is 12.6. The van der Waals surface area contributed by atoms with E-state index in [4.69, 9.17) is 9.72 Å². The average molecular weight is 512 g/mol. The number of aliphatic hydroxyl groups excluding tert-OH is 2. The fourth-order valence-electron chi connectivity index (χ4n) is 5.07. The van der Waals surface area contributed by atoms with Gasteiger partial charge in [0.1, 0.15) is 17.5 Å². The van der Waals surface area contributed by atoms with Crippen molar-refractivity contribution in [1.82, 2.24) is 19.9 Å². The maximum Gasteiger partial charge on any atom is 0.227 e. The van der Waals surface area contributed by atoms with Crippen LogP contribution in [-0.2, 0) is 4.74 Å². The number of hydrogen-bond donors (Lipinski definition) is 3. The Balaban J connectivity index is 1.45. The highest BCUT2D eigenvalue weighted by molar-refractivity contribution is 5.96. The molecule has 10 nitrogen and oxygen atoms in total. The second-order valence-corrected chi connectivity index (χ2v) is 10.3. The summed E-state index contributed by atoms with van der Waals surface area (Å²) in [6.45, 7) is 6.71. The van der Waals surface area contributed by atoms with Crippen LogP contribution in [0.1, 0.15) is 38.7 Å². The van der Waals surface area contributed by atoms with E-state index in [1.54, 1.807) is 30.5 Å². The molecule has 3 aromatic rings. The van der Waals surface area contributed by atoms with Gasteiger partial charge in [0.15, 0.2) is 5.67 Å². The Morgan fingerprint density at radius 1 is 1.24 bits per heavy atom. The molecule has 0 saturated carbocycles. The van der Waals surface area contributed by atoms with Crippen LogP contribution < -0.4 is 15.1 Å². The fourth-order valence-corrected chi connectivity index (χ4v) is 5.07. The van der Waals surface area contributed by atoms with Crippen molar-refractivity contribution in [2.75, 3.05) is 48.5 Å². The number of aliphatic hydroxyl groups is 2. The largest absolute Gasteiger partial charge is 0.396 e. The highest BCUT2D eigenvalue weighted by Gasteiger charge is 2.40. The number of aromatic nitrogens is 4. The zero-order valence-electron chi connectivity index (χ0n) is 21.6. The molecule has 5 heterocycles. The summed E-state index contributed by atoms with van der Waals surface area (Å²) < 4.78 is 20.2. The number of hydrogen-bond acceptors (Lipinski definition) is 10. The second-order valence-electron chi connectivity index (χ2n) is 10.3. The Bertz CT molecular complexity index is 1280. The molecule has 5 rings (SSSR count). The van der Waals surface area contributed by atoms with E-state index in [2.05, 4.69) is 32.1 Å². The predicted molar refractivity (Wildman–Crippen MR) is 140 cm³/mol. The molecule has 3 aromatic heterocycles. The summed E-state index contributed by atoms with van der Waals surface area (Å²) in [7, 11) is 1.72. The number of ether oxygens (including phenoxy) is 1. The molecule has 11 heteroatoms. The molecule has 0 unspecified atom stereocenters. The van der Waals surface area contributed by atoms with Gasteiger partial charge in [0.2, 0.25) is 5.95 Å². The van der Waals surface area contributed by atoms with Gasteiger partial charge in [0.05, 0.1) is 24.8 Å². The van der Waals surface area contributed by atoms with Crippen LogP contribution in [0, 0.1) is 0 Å². The first-order valence-electron chi connectivity index (χ1n) is 12.6. The van der Waals surface area contributed by atoms with E-state index >= 15 is 0 Å². The molecule has 3 N–H and O–H groups in total. The normalized spacial score (nSPS) is 26.7. The number of piperidine rings is 1. The summed E-state index contributed by atoms with van der Waals surface area (Å²) in [4.78, 5) is 22.2. The Hall–Kier alpha value is -3.15. The molecule has 2 aliphatic rings. The Morgan fingerprint density at radius 3 is 2.76 bits per heavy atom. The molecule has 5 atom stereocenters. The molecule has 0 amide bonds. The lowest BCUT2D eigenvalue weighted by molar-refractivity contribution is -0.00860. The summed E-state index contributed by atoms with van der Waals surface area (Å²) in [5, 5.41) is 24.9. The van der Waals surface area contributed by atoms with Crippen LogP contribution in [-0.4, -0.2) is 87.4 Å². The Kier molecular flexibility index (Phi) is 6.86. The first kappa shape index (κ1) is 25.5. The van der Waals surface area contributed by atoms with Gasteiger partial charge in [-0.1, -0.05) is 6.92 Å². The molecule has 0 radical (unpaired) electrons. The van der Waals surface area contributed by atoms with Crippen molar-refractivity contribution in [3.63, 3.8) is 0 Å². The van der Waals surface area contributed by atoms with Crippen molar-refractivity contribution in [3.05, 3.63) is 36.3 Å². The number of methoxy groups -OCH3 is 1. The zero-order valence-corrected chi connectivity index (χ0v) is 21.6. The third-order valence-corrected chi connectivity index (χ3v) is 7.62. The average Bonchev–Trinajstić information content (AvgIpc) is 2.89. The van der Waals surface area contributed by atoms with E-state index in [9.17, 15) is 14.6 Å². The molecule has 0 bridgehead atoms. The maximum atomic E-state index is 14.7. The Labute approximate surface area is 215 Å². The van der Waals surface area contributed by atoms with Crippen LogP contribution in [0.2, 0.25) is 0 Å². The number of anilines is 4. The third-order valence-electron chi connectivity index (χ3n) is 7.62. The minimum atomic E-state index is -1.73. The van der Waals surface area contributed by atoms with E-state index in [-0.39, 0.29) is 31.2 Å². The smallest absolute Gasteiger partial charge is 0.227 e. The number of nitrogens with one attached hydrogen (secondary N) is 1. The lowest BCUT2D eigenvalue weighted by atomic mass is 9.94. The van der Waals surface area contributed by atoms with Gasteiger partial charge in [-0.05, 0) is 43.4 Å². The highest BCUT2D eigenvalue weighted by atomic mass is 19.1. The number of pyridine rings is 2. The lowest BCUT2D eigenvalue weighted by Crippen LogP contribution is -2.59. The summed E-state index contributed by atoms with van der Waals surface area (Å²) in [6, 6.07) is 3.86. The van der Waals surface area contributed by atoms with Crippen LogP contribution >= 0.6 is 0 Å². The number of halogens is 1. The van der Waals surface area contributed by atoms with Gasteiger partial charge in [-0.3, -0.25) is 0 Å². The highest BCUT2D eigenvalue weighted by Crippen LogP contribution is 2.36. The SMILES string of the molecule is CO[C@H]1CN(c2ncc([C@H](C)CO)c3cc(Nc4ccnc(N5CC[C@@H](O)[C@@](C)(F)C5)n4)ncc23)[C@@H]1C. The van der Waals surface area contributed by atoms with Crippen molar-refractivity contribution in [2.45, 2.75) is 57.0 Å². The number of nitrogens with zero attached hydrogens (tertiary/aromatic N) is 6. The molecule has 0 spiro atoms. The Morgan fingerprint density at radius 2 is 2.05 bits per heavy atom. The number of alkyl halides is 1. The minimum Gasteiger partial charge on any atom is -0.396 e. The second kappa shape index (κ2) is 9.96. The quantitative estimate of drug-likeness (QED) is 0.437. The van der Waals surface area contributed by atoms with Gasteiger partial charge in [-0.15, -0.1) is 0 Å². The molecule has 2 aliphatic heterocycles. The number of rotatable bonds is 7. The van der Waals surface area contributed by atoms with E-state index in [0.29, 0.717) is 30.5 Å². The summed E-state index contributed by atoms with van der Waals surface area (Å²) in [5.41, 5.74) is -0.797. The van der Waals surface area contributed by atoms with E-state index < -0.39 is 11.8 Å². The number of fused-ring (bicyclic) bond motifs is 1. The molecular formula is C26H34FN7O3. The van der Waals surface area contributed by atoms with Crippen molar-refractivity contribution < 1.29 is 19.3 Å². The van der Waals surface area contributed by atoms with Gasteiger partial charge in [0.25, 0.3) is 0 Å². The van der Waals surface area contributed by atoms with Gasteiger partial charge in [0, 0.05) is 56.7 Å². The summed E-state index contributed by atoms with van der Waals surface area (Å²) >= 11 is 0. The van der Waals surface area contributed by atoms with Gasteiger partial charge in [-0.25, -0.2) is 19.3 Å². The first-order chi connectivity index (χ1) is 17.7. The topological polar surface area (TPSA) is 120 Å². The van der Waals surface area contributed by atoms with Gasteiger partial charge >= 0.3 is 0 Å². The molecule has 2 saturated heterocycles. The maximum absolute atomic E-state index is 14.7. The molecule has 0 aliphatic carbocycles. The standard InChI is InChI=1S/C26H34FN7O3/c1-15(13-35)18-10-30-24(34-12-20(37-4)16(34)2)19-11-29-23(9-17(18)19)31-22-5-7-28-25(32-22)33-8-6-21(36)26(3,27)14-33/h5,7,9-11,15-16,20-21,35-36H,6,8,12-14H2,1-4H3,(H,28,29,31,32)/t15-,16-,20+,21-,26+/m1/s1. The van der Waals surface area contributed by atoms with Crippen LogP contribution in [0.15, 0.2) is 30.7 Å². The summed E-state index contributed by atoms with van der Waals surface area (Å²) in [6.07, 6.45) is 4.71. The van der Waals surface area contributed by atoms with Crippen molar-refractivity contribution in [2.24, 2.45) is 0 Å². The third kappa shape index (κ3) is 4.78. The van der Waals surface area contributed by atoms with Crippen molar-refractivity contribution in [3.8, 4) is 0 Å². The molecule has 0 aromatic carbocycles. The molecular weight excluding hydrogens is 477 g/mol. The molecule has 37 heavy (non-hydrogen) atoms. The van der Waals surface area contributed by atoms with Gasteiger partial charge < -0.3 is 30.1 Å². The monoisotopic (exact) mass is 511 g/mol. The summed E-state index contributed by atoms with van der Waals surface area (Å²) in [5.74, 6) is 2.23. The van der Waals surface area contributed by atoms with Crippen molar-refractivity contribution >= 4 is 34.2 Å². The van der Waals surface area contributed by atoms with Crippen LogP contribution in [0.25, 0.3) is 10.8 Å². The fraction of sp³-hybridized carbons (Fsp3) is 0.538. The molecule has 2 fully saturated rings. The predicted octanol–water partition coefficient (Wildman–Crippen LogP) is 2.78. The van der Waals surface area contributed by atoms with Crippen LogP contribution in [0.3, 0.4) is 0 Å². The van der Waals surface area contributed by atoms with Crippen molar-refractivity contribution in [1.29, 1.82) is 0 Å². The molecule has 198 valence electrons. The lowest BCUT2D eigenvalue weighted by Gasteiger charge is -2.46. The van der Waals surface area contributed by atoms with E-state index in [1.165, 1.54) is 6.92 Å². The zero-order chi connectivity index (χ0) is 26.3. The van der Waals surface area contributed by atoms with Crippen LogP contribution in [0.5, 0.6) is 0 Å². The van der Waals surface area contributed by atoms with E-state index in [1.807, 2.05) is 19.2 Å². The van der Waals surface area contributed by atoms with Gasteiger partial charge in [-0.2, -0.15) is 4.98 Å². The van der Waals surface area contributed by atoms with E-state index in [0.717, 1.165) is 28.7 Å². The van der Waals surface area contributed by atoms with Crippen LogP contribution in [0.4, 0.5) is 27.8 Å². The minimum absolute atomic E-state index is 0.000368.